The number of benzene rings is 1. The molecule has 1 aliphatic rings. The van der Waals surface area contributed by atoms with Crippen molar-refractivity contribution in [3.05, 3.63) is 28.2 Å². The molecular weight excluding hydrogens is 711 g/mol. The number of halogens is 3. The molecule has 0 saturated carbocycles. The van der Waals surface area contributed by atoms with Gasteiger partial charge in [0.1, 0.15) is 18.5 Å². The number of hydrogen-bond acceptors (Lipinski definition) is 7. The van der Waals surface area contributed by atoms with Gasteiger partial charge in [-0.2, -0.15) is 0 Å². The van der Waals surface area contributed by atoms with Gasteiger partial charge >= 0.3 is 7.60 Å². The summed E-state index contributed by atoms with van der Waals surface area (Å²) in [5, 5.41) is 13.8. The Hall–Kier alpha value is -1.94. The molecule has 0 radical (unpaired) electrons. The minimum absolute atomic E-state index is 0.0429. The van der Waals surface area contributed by atoms with Crippen LogP contribution in [0.4, 0.5) is 8.78 Å². The zero-order chi connectivity index (χ0) is 35.4. The van der Waals surface area contributed by atoms with E-state index in [0.717, 1.165) is 16.8 Å². The SMILES string of the molecule is CC(NC(=O)c1ccc(Br)cc1OC[C@@H]1CC(F)(F)CN1C(=O)CN(C)C(=O)CP(=O)(O)O)[C@H](O)O[Si](C(C)C)(C(C)C)C(C)C. The number of likely N-dealkylation sites (tertiary alicyclic amines) is 1. The fourth-order valence-electron chi connectivity index (χ4n) is 6.08. The van der Waals surface area contributed by atoms with Crippen LogP contribution in [-0.4, -0.2) is 108 Å². The van der Waals surface area contributed by atoms with Gasteiger partial charge < -0.3 is 39.2 Å². The standard InChI is InChI=1S/C29H47BrF2N3O9PSi/c1-17(2)46(18(3)4,19(5)6)44-28(39)20(7)33-27(38)23-10-9-21(30)11-24(23)43-14-22-12-29(31,32)16-35(22)25(36)13-34(8)26(37)15-45(40,41)42/h9-11,17-20,22,28,39H,12-16H2,1-8H3,(H,33,38)(H2,40,41,42)/t20?,22-,28+/m0/s1. The molecule has 4 N–H and O–H groups in total. The largest absolute Gasteiger partial charge is 0.491 e. The lowest BCUT2D eigenvalue weighted by Gasteiger charge is -2.44. The predicted molar refractivity (Wildman–Crippen MR) is 174 cm³/mol. The maximum Gasteiger partial charge on any atom is 0.334 e. The van der Waals surface area contributed by atoms with Gasteiger partial charge in [0, 0.05) is 17.9 Å². The normalized spacial score (nSPS) is 18.2. The van der Waals surface area contributed by atoms with Crippen LogP contribution in [0.3, 0.4) is 0 Å². The highest BCUT2D eigenvalue weighted by atomic mass is 79.9. The number of aliphatic hydroxyl groups is 1. The number of alkyl halides is 2. The lowest BCUT2D eigenvalue weighted by Crippen LogP contribution is -2.54. The number of ether oxygens (including phenoxy) is 1. The molecule has 17 heteroatoms. The molecule has 1 unspecified atom stereocenters. The Bertz CT molecular complexity index is 1280. The molecule has 1 heterocycles. The number of hydrogen-bond donors (Lipinski definition) is 4. The van der Waals surface area contributed by atoms with Crippen molar-refractivity contribution >= 4 is 49.6 Å². The summed E-state index contributed by atoms with van der Waals surface area (Å²) in [7, 11) is -6.01. The van der Waals surface area contributed by atoms with E-state index in [1.807, 2.05) is 0 Å². The van der Waals surface area contributed by atoms with Gasteiger partial charge in [0.15, 0.2) is 6.29 Å². The van der Waals surface area contributed by atoms with Crippen molar-refractivity contribution in [1.29, 1.82) is 0 Å². The summed E-state index contributed by atoms with van der Waals surface area (Å²) in [6.07, 6.45) is -3.14. The monoisotopic (exact) mass is 757 g/mol. The summed E-state index contributed by atoms with van der Waals surface area (Å²) >= 11 is 3.32. The summed E-state index contributed by atoms with van der Waals surface area (Å²) < 4.78 is 52.8. The Kier molecular flexibility index (Phi) is 14.0. The van der Waals surface area contributed by atoms with Crippen LogP contribution in [0, 0.1) is 0 Å². The number of likely N-dealkylation sites (N-methyl/N-ethyl adjacent to an activating group) is 1. The highest BCUT2D eigenvalue weighted by Crippen LogP contribution is 2.43. The molecule has 3 amide bonds. The van der Waals surface area contributed by atoms with Crippen molar-refractivity contribution in [2.24, 2.45) is 0 Å². The zero-order valence-electron chi connectivity index (χ0n) is 27.5. The molecule has 1 fully saturated rings. The molecule has 0 aromatic heterocycles. The summed E-state index contributed by atoms with van der Waals surface area (Å²) in [6.45, 7) is 12.1. The fraction of sp³-hybridized carbons (Fsp3) is 0.690. The molecule has 1 aromatic carbocycles. The first kappa shape index (κ1) is 40.2. The smallest absolute Gasteiger partial charge is 0.334 e. The van der Waals surface area contributed by atoms with Gasteiger partial charge in [-0.3, -0.25) is 18.9 Å². The summed E-state index contributed by atoms with van der Waals surface area (Å²) in [6, 6.07) is 2.61. The molecule has 12 nitrogen and oxygen atoms in total. The van der Waals surface area contributed by atoms with Gasteiger partial charge in [0.25, 0.3) is 11.8 Å². The van der Waals surface area contributed by atoms with E-state index in [4.69, 9.17) is 18.9 Å². The Labute approximate surface area is 278 Å². The molecule has 262 valence electrons. The Balaban J connectivity index is 2.19. The first-order valence-corrected chi connectivity index (χ1v) is 19.8. The van der Waals surface area contributed by atoms with Crippen LogP contribution in [-0.2, 0) is 18.6 Å². The van der Waals surface area contributed by atoms with Gasteiger partial charge in [-0.15, -0.1) is 0 Å². The molecule has 3 atom stereocenters. The maximum atomic E-state index is 14.5. The van der Waals surface area contributed by atoms with E-state index < -0.39 is 90.2 Å². The second-order valence-electron chi connectivity index (χ2n) is 12.8. The third-order valence-corrected chi connectivity index (χ3v) is 15.5. The number of carbonyl (C=O) groups excluding carboxylic acids is 3. The van der Waals surface area contributed by atoms with Crippen molar-refractivity contribution < 1.29 is 51.8 Å². The second kappa shape index (κ2) is 16.0. The first-order valence-electron chi connectivity index (χ1n) is 15.1. The number of aliphatic hydroxyl groups excluding tert-OH is 1. The first-order chi connectivity index (χ1) is 21.0. The Morgan fingerprint density at radius 1 is 1.13 bits per heavy atom. The van der Waals surface area contributed by atoms with Crippen LogP contribution in [0.1, 0.15) is 65.2 Å². The second-order valence-corrected chi connectivity index (χ2v) is 20.8. The van der Waals surface area contributed by atoms with Gasteiger partial charge in [0.2, 0.25) is 20.1 Å². The maximum absolute atomic E-state index is 14.5. The summed E-state index contributed by atoms with van der Waals surface area (Å²) in [5.41, 5.74) is 0.664. The van der Waals surface area contributed by atoms with Crippen molar-refractivity contribution in [2.45, 2.75) is 95.8 Å². The van der Waals surface area contributed by atoms with Crippen LogP contribution < -0.4 is 10.1 Å². The molecule has 2 rings (SSSR count). The minimum Gasteiger partial charge on any atom is -0.491 e. The molecule has 0 bridgehead atoms. The average Bonchev–Trinajstić information content (AvgIpc) is 3.22. The lowest BCUT2D eigenvalue weighted by atomic mass is 10.1. The van der Waals surface area contributed by atoms with E-state index >= 15 is 0 Å². The predicted octanol–water partition coefficient (Wildman–Crippen LogP) is 4.33. The van der Waals surface area contributed by atoms with Gasteiger partial charge in [-0.1, -0.05) is 57.5 Å². The van der Waals surface area contributed by atoms with Crippen LogP contribution in [0.2, 0.25) is 16.6 Å². The van der Waals surface area contributed by atoms with Crippen LogP contribution in [0.5, 0.6) is 5.75 Å². The van der Waals surface area contributed by atoms with E-state index in [1.54, 1.807) is 13.0 Å². The summed E-state index contributed by atoms with van der Waals surface area (Å²) in [4.78, 5) is 58.1. The van der Waals surface area contributed by atoms with E-state index in [2.05, 4.69) is 62.8 Å². The molecule has 1 saturated heterocycles. The number of nitrogens with one attached hydrogen (secondary N) is 1. The topological polar surface area (TPSA) is 166 Å². The minimum atomic E-state index is -4.69. The van der Waals surface area contributed by atoms with Gasteiger partial charge in [-0.05, 0) is 41.7 Å². The molecule has 1 aromatic rings. The summed E-state index contributed by atoms with van der Waals surface area (Å²) in [5.74, 6) is -5.67. The van der Waals surface area contributed by atoms with E-state index in [9.17, 15) is 32.8 Å². The van der Waals surface area contributed by atoms with Crippen molar-refractivity contribution in [3.8, 4) is 5.75 Å². The van der Waals surface area contributed by atoms with E-state index in [-0.39, 0.29) is 27.9 Å². The van der Waals surface area contributed by atoms with Crippen molar-refractivity contribution in [1.82, 2.24) is 15.1 Å². The molecule has 0 aliphatic carbocycles. The van der Waals surface area contributed by atoms with Crippen LogP contribution >= 0.6 is 23.5 Å². The van der Waals surface area contributed by atoms with Gasteiger partial charge in [-0.25, -0.2) is 8.78 Å². The molecular formula is C29H47BrF2N3O9PSi. The number of amides is 3. The average molecular weight is 759 g/mol. The fourth-order valence-corrected chi connectivity index (χ4v) is 12.5. The third kappa shape index (κ3) is 10.5. The van der Waals surface area contributed by atoms with Crippen molar-refractivity contribution in [3.63, 3.8) is 0 Å². The highest BCUT2D eigenvalue weighted by molar-refractivity contribution is 9.10. The lowest BCUT2D eigenvalue weighted by molar-refractivity contribution is -0.139. The Morgan fingerprint density at radius 3 is 2.22 bits per heavy atom. The number of rotatable bonds is 15. The molecule has 1 aliphatic heterocycles. The number of carbonyl (C=O) groups is 3. The van der Waals surface area contributed by atoms with Crippen molar-refractivity contribution in [2.75, 3.05) is 32.9 Å². The molecule has 0 spiro atoms. The van der Waals surface area contributed by atoms with E-state index in [0.29, 0.717) is 4.47 Å². The number of nitrogens with zero attached hydrogens (tertiary/aromatic N) is 2. The molecule has 46 heavy (non-hydrogen) atoms. The van der Waals surface area contributed by atoms with Crippen LogP contribution in [0.25, 0.3) is 0 Å². The Morgan fingerprint density at radius 2 is 1.70 bits per heavy atom. The zero-order valence-corrected chi connectivity index (χ0v) is 31.0. The highest BCUT2D eigenvalue weighted by Gasteiger charge is 2.48. The third-order valence-electron chi connectivity index (χ3n) is 8.27. The van der Waals surface area contributed by atoms with E-state index in [1.165, 1.54) is 12.1 Å². The van der Waals surface area contributed by atoms with Crippen LogP contribution in [0.15, 0.2) is 22.7 Å². The quantitative estimate of drug-likeness (QED) is 0.116. The van der Waals surface area contributed by atoms with Gasteiger partial charge in [0.05, 0.1) is 30.7 Å².